The molecule has 2 aromatic rings. The van der Waals surface area contributed by atoms with E-state index >= 15 is 0 Å². The van der Waals surface area contributed by atoms with Crippen LogP contribution in [0.1, 0.15) is 25.3 Å². The molecule has 2 N–H and O–H groups in total. The van der Waals surface area contributed by atoms with Crippen molar-refractivity contribution in [2.24, 2.45) is 5.92 Å². The molecule has 0 aromatic heterocycles. The van der Waals surface area contributed by atoms with Crippen LogP contribution in [0.15, 0.2) is 58.3 Å². The van der Waals surface area contributed by atoms with Crippen LogP contribution in [0.3, 0.4) is 0 Å². The zero-order valence-electron chi connectivity index (χ0n) is 14.2. The maximum absolute atomic E-state index is 12.5. The van der Waals surface area contributed by atoms with E-state index in [1.54, 1.807) is 11.8 Å². The Morgan fingerprint density at radius 2 is 1.96 bits per heavy atom. The van der Waals surface area contributed by atoms with Gasteiger partial charge in [0.1, 0.15) is 0 Å². The van der Waals surface area contributed by atoms with Crippen LogP contribution in [0.5, 0.6) is 0 Å². The monoisotopic (exact) mass is 340 g/mol. The lowest BCUT2D eigenvalue weighted by atomic mass is 9.92. The summed E-state index contributed by atoms with van der Waals surface area (Å²) in [6.07, 6.45) is 1.82. The van der Waals surface area contributed by atoms with E-state index in [-0.39, 0.29) is 11.8 Å². The molecule has 1 heterocycles. The van der Waals surface area contributed by atoms with Gasteiger partial charge in [0.25, 0.3) is 0 Å². The van der Waals surface area contributed by atoms with Crippen LogP contribution < -0.4 is 10.6 Å². The second-order valence-corrected chi connectivity index (χ2v) is 7.60. The average Bonchev–Trinajstić information content (AvgIpc) is 2.58. The number of aryl methyl sites for hydroxylation is 1. The van der Waals surface area contributed by atoms with Crippen molar-refractivity contribution in [1.29, 1.82) is 0 Å². The van der Waals surface area contributed by atoms with Crippen molar-refractivity contribution in [3.05, 3.63) is 54.1 Å². The molecule has 2 aromatic carbocycles. The molecule has 0 saturated carbocycles. The van der Waals surface area contributed by atoms with Gasteiger partial charge in [-0.25, -0.2) is 0 Å². The summed E-state index contributed by atoms with van der Waals surface area (Å²) in [5, 5.41) is 6.51. The number of rotatable bonds is 4. The Morgan fingerprint density at radius 1 is 1.17 bits per heavy atom. The third-order valence-electron chi connectivity index (χ3n) is 4.43. The Bertz CT molecular complexity index is 702. The molecule has 0 spiro atoms. The number of carbonyl (C=O) groups is 1. The van der Waals surface area contributed by atoms with E-state index in [2.05, 4.69) is 48.7 Å². The second kappa shape index (κ2) is 7.86. The summed E-state index contributed by atoms with van der Waals surface area (Å²) in [5.41, 5.74) is 2.02. The highest BCUT2D eigenvalue weighted by atomic mass is 32.2. The molecular formula is C20H24N2OS. The largest absolute Gasteiger partial charge is 0.326 e. The highest BCUT2D eigenvalue weighted by Crippen LogP contribution is 2.30. The molecule has 0 aliphatic carbocycles. The lowest BCUT2D eigenvalue weighted by molar-refractivity contribution is -0.120. The second-order valence-electron chi connectivity index (χ2n) is 6.46. The first-order chi connectivity index (χ1) is 11.6. The molecule has 0 unspecified atom stereocenters. The van der Waals surface area contributed by atoms with Crippen molar-refractivity contribution >= 4 is 23.4 Å². The molecule has 1 fully saturated rings. The lowest BCUT2D eigenvalue weighted by Crippen LogP contribution is -2.40. The van der Waals surface area contributed by atoms with Gasteiger partial charge in [-0.2, -0.15) is 0 Å². The molecule has 2 atom stereocenters. The number of hydrogen-bond acceptors (Lipinski definition) is 3. The normalized spacial score (nSPS) is 20.6. The Labute approximate surface area is 148 Å². The van der Waals surface area contributed by atoms with Crippen LogP contribution in [-0.4, -0.2) is 18.5 Å². The van der Waals surface area contributed by atoms with E-state index in [4.69, 9.17) is 0 Å². The standard InChI is InChI=1S/C20H24N2OS/c1-14-12-18(24-17-6-4-3-5-7-17)8-9-19(14)22-20(23)16-10-11-21-15(2)13-16/h3-9,12,15-16,21H,10-11,13H2,1-2H3,(H,22,23)/t15-,16-/m0/s1. The zero-order chi connectivity index (χ0) is 16.9. The number of piperidine rings is 1. The van der Waals surface area contributed by atoms with Gasteiger partial charge >= 0.3 is 0 Å². The average molecular weight is 340 g/mol. The molecular weight excluding hydrogens is 316 g/mol. The SMILES string of the molecule is Cc1cc(Sc2ccccc2)ccc1NC(=O)[C@H]1CCN[C@@H](C)C1. The molecule has 0 radical (unpaired) electrons. The minimum atomic E-state index is 0.110. The van der Waals surface area contributed by atoms with Crippen LogP contribution in [0, 0.1) is 12.8 Å². The Hall–Kier alpha value is -1.78. The fourth-order valence-corrected chi connectivity index (χ4v) is 4.01. The van der Waals surface area contributed by atoms with Crippen molar-refractivity contribution in [2.45, 2.75) is 42.5 Å². The van der Waals surface area contributed by atoms with E-state index < -0.39 is 0 Å². The van der Waals surface area contributed by atoms with E-state index in [1.165, 1.54) is 9.79 Å². The fourth-order valence-electron chi connectivity index (χ4n) is 3.07. The van der Waals surface area contributed by atoms with Crippen molar-refractivity contribution in [1.82, 2.24) is 5.32 Å². The molecule has 1 aliphatic rings. The predicted octanol–water partition coefficient (Wildman–Crippen LogP) is 4.47. The summed E-state index contributed by atoms with van der Waals surface area (Å²) >= 11 is 1.74. The minimum absolute atomic E-state index is 0.110. The molecule has 1 aliphatic heterocycles. The fraction of sp³-hybridized carbons (Fsp3) is 0.350. The minimum Gasteiger partial charge on any atom is -0.326 e. The number of benzene rings is 2. The smallest absolute Gasteiger partial charge is 0.227 e. The van der Waals surface area contributed by atoms with Crippen LogP contribution in [0.2, 0.25) is 0 Å². The van der Waals surface area contributed by atoms with Gasteiger partial charge in [0.15, 0.2) is 0 Å². The first-order valence-electron chi connectivity index (χ1n) is 8.49. The summed E-state index contributed by atoms with van der Waals surface area (Å²) in [4.78, 5) is 14.9. The summed E-state index contributed by atoms with van der Waals surface area (Å²) in [6, 6.07) is 17.0. The molecule has 1 amide bonds. The zero-order valence-corrected chi connectivity index (χ0v) is 15.0. The predicted molar refractivity (Wildman–Crippen MR) is 101 cm³/mol. The molecule has 126 valence electrons. The molecule has 3 rings (SSSR count). The van der Waals surface area contributed by atoms with Crippen LogP contribution in [0.4, 0.5) is 5.69 Å². The molecule has 1 saturated heterocycles. The summed E-state index contributed by atoms with van der Waals surface area (Å²) < 4.78 is 0. The number of nitrogens with one attached hydrogen (secondary N) is 2. The van der Waals surface area contributed by atoms with E-state index in [9.17, 15) is 4.79 Å². The van der Waals surface area contributed by atoms with E-state index in [0.717, 1.165) is 30.6 Å². The van der Waals surface area contributed by atoms with Gasteiger partial charge in [0, 0.05) is 27.4 Å². The topological polar surface area (TPSA) is 41.1 Å². The van der Waals surface area contributed by atoms with Gasteiger partial charge in [-0.1, -0.05) is 30.0 Å². The third-order valence-corrected chi connectivity index (χ3v) is 5.43. The lowest BCUT2D eigenvalue weighted by Gasteiger charge is -2.27. The number of amides is 1. The highest BCUT2D eigenvalue weighted by molar-refractivity contribution is 7.99. The molecule has 3 nitrogen and oxygen atoms in total. The summed E-state index contributed by atoms with van der Waals surface area (Å²) in [6.45, 7) is 5.11. The van der Waals surface area contributed by atoms with Crippen LogP contribution in [0.25, 0.3) is 0 Å². The van der Waals surface area contributed by atoms with Crippen molar-refractivity contribution < 1.29 is 4.79 Å². The quantitative estimate of drug-likeness (QED) is 0.862. The number of anilines is 1. The van der Waals surface area contributed by atoms with Gasteiger partial charge in [-0.3, -0.25) is 4.79 Å². The van der Waals surface area contributed by atoms with Crippen LogP contribution >= 0.6 is 11.8 Å². The Morgan fingerprint density at radius 3 is 2.67 bits per heavy atom. The Kier molecular flexibility index (Phi) is 5.59. The molecule has 24 heavy (non-hydrogen) atoms. The van der Waals surface area contributed by atoms with Gasteiger partial charge in [0.05, 0.1) is 0 Å². The molecule has 0 bridgehead atoms. The maximum atomic E-state index is 12.5. The van der Waals surface area contributed by atoms with Gasteiger partial charge in [-0.15, -0.1) is 0 Å². The maximum Gasteiger partial charge on any atom is 0.227 e. The van der Waals surface area contributed by atoms with Crippen molar-refractivity contribution in [2.75, 3.05) is 11.9 Å². The summed E-state index contributed by atoms with van der Waals surface area (Å²) in [5.74, 6) is 0.258. The van der Waals surface area contributed by atoms with Gasteiger partial charge < -0.3 is 10.6 Å². The third kappa shape index (κ3) is 4.40. The summed E-state index contributed by atoms with van der Waals surface area (Å²) in [7, 11) is 0. The van der Waals surface area contributed by atoms with Crippen LogP contribution in [-0.2, 0) is 4.79 Å². The van der Waals surface area contributed by atoms with Gasteiger partial charge in [-0.05, 0) is 69.1 Å². The number of hydrogen-bond donors (Lipinski definition) is 2. The van der Waals surface area contributed by atoms with E-state index in [1.807, 2.05) is 24.3 Å². The number of carbonyl (C=O) groups excluding carboxylic acids is 1. The molecule has 4 heteroatoms. The van der Waals surface area contributed by atoms with Crippen molar-refractivity contribution in [3.8, 4) is 0 Å². The van der Waals surface area contributed by atoms with Crippen molar-refractivity contribution in [3.63, 3.8) is 0 Å². The highest BCUT2D eigenvalue weighted by Gasteiger charge is 2.24. The van der Waals surface area contributed by atoms with E-state index in [0.29, 0.717) is 6.04 Å². The first-order valence-corrected chi connectivity index (χ1v) is 9.31. The first kappa shape index (κ1) is 17.1. The Balaban J connectivity index is 1.65. The van der Waals surface area contributed by atoms with Gasteiger partial charge in [0.2, 0.25) is 5.91 Å².